The van der Waals surface area contributed by atoms with Crippen LogP contribution in [0.3, 0.4) is 0 Å². The van der Waals surface area contributed by atoms with Gasteiger partial charge >= 0.3 is 5.97 Å². The summed E-state index contributed by atoms with van der Waals surface area (Å²) in [5, 5.41) is 11.5. The highest BCUT2D eigenvalue weighted by molar-refractivity contribution is 6.30. The molecule has 0 aliphatic heterocycles. The van der Waals surface area contributed by atoms with E-state index < -0.39 is 11.3 Å². The summed E-state index contributed by atoms with van der Waals surface area (Å²) in [6.07, 6.45) is 1.65. The first-order valence-corrected chi connectivity index (χ1v) is 7.03. The smallest absolute Gasteiger partial charge is 0.317 e. The Morgan fingerprint density at radius 1 is 1.33 bits per heavy atom. The molecule has 0 aromatic heterocycles. The Balaban J connectivity index is 1.87. The van der Waals surface area contributed by atoms with Crippen molar-refractivity contribution in [3.63, 3.8) is 0 Å². The van der Waals surface area contributed by atoms with Gasteiger partial charge in [0.1, 0.15) is 0 Å². The summed E-state index contributed by atoms with van der Waals surface area (Å²) in [4.78, 5) is 23.6. The van der Waals surface area contributed by atoms with E-state index in [1.807, 2.05) is 18.2 Å². The summed E-state index contributed by atoms with van der Waals surface area (Å²) in [6, 6.07) is 9.00. The third-order valence-electron chi connectivity index (χ3n) is 3.43. The molecule has 1 aromatic rings. The Hall–Kier alpha value is -2.06. The van der Waals surface area contributed by atoms with Crippen LogP contribution in [0.4, 0.5) is 0 Å². The third kappa shape index (κ3) is 3.73. The van der Waals surface area contributed by atoms with Crippen molar-refractivity contribution in [2.75, 3.05) is 13.2 Å². The summed E-state index contributed by atoms with van der Waals surface area (Å²) in [7, 11) is 0. The number of halogens is 1. The first-order chi connectivity index (χ1) is 10.1. The maximum atomic E-state index is 12.2. The van der Waals surface area contributed by atoms with Crippen molar-refractivity contribution < 1.29 is 14.3 Å². The van der Waals surface area contributed by atoms with Crippen molar-refractivity contribution >= 4 is 23.5 Å². The fourth-order valence-electron chi connectivity index (χ4n) is 2.08. The van der Waals surface area contributed by atoms with Crippen LogP contribution in [-0.2, 0) is 19.7 Å². The highest BCUT2D eigenvalue weighted by Gasteiger charge is 2.52. The first-order valence-electron chi connectivity index (χ1n) is 6.65. The lowest BCUT2D eigenvalue weighted by Gasteiger charge is -2.14. The number of rotatable bonds is 6. The lowest BCUT2D eigenvalue weighted by molar-refractivity contribution is -0.151. The molecule has 2 rings (SSSR count). The van der Waals surface area contributed by atoms with E-state index in [1.54, 1.807) is 12.1 Å². The van der Waals surface area contributed by atoms with Gasteiger partial charge in [-0.3, -0.25) is 9.59 Å². The summed E-state index contributed by atoms with van der Waals surface area (Å²) in [5.74, 6) is -0.786. The number of amides is 1. The van der Waals surface area contributed by atoms with Crippen LogP contribution >= 0.6 is 11.6 Å². The summed E-state index contributed by atoms with van der Waals surface area (Å²) in [6.45, 7) is -0.0607. The van der Waals surface area contributed by atoms with Crippen molar-refractivity contribution in [2.45, 2.75) is 24.7 Å². The Kier molecular flexibility index (Phi) is 4.81. The van der Waals surface area contributed by atoms with Gasteiger partial charge in [0, 0.05) is 11.6 Å². The molecule has 1 N–H and O–H groups in total. The molecule has 0 saturated heterocycles. The lowest BCUT2D eigenvalue weighted by atomic mass is 9.96. The van der Waals surface area contributed by atoms with Gasteiger partial charge in [-0.1, -0.05) is 23.7 Å². The number of hydrogen-bond donors (Lipinski definition) is 1. The van der Waals surface area contributed by atoms with E-state index in [0.717, 1.165) is 5.56 Å². The van der Waals surface area contributed by atoms with Crippen LogP contribution in [0.1, 0.15) is 24.8 Å². The van der Waals surface area contributed by atoms with Gasteiger partial charge in [0.15, 0.2) is 6.61 Å². The van der Waals surface area contributed by atoms with Crippen LogP contribution in [0.15, 0.2) is 24.3 Å². The van der Waals surface area contributed by atoms with Crippen molar-refractivity contribution in [3.8, 4) is 6.07 Å². The predicted octanol–water partition coefficient (Wildman–Crippen LogP) is 1.94. The van der Waals surface area contributed by atoms with E-state index in [1.165, 1.54) is 0 Å². The van der Waals surface area contributed by atoms with Gasteiger partial charge in [-0.2, -0.15) is 5.26 Å². The number of carbonyl (C=O) groups excluding carboxylic acids is 2. The molecule has 5 nitrogen and oxygen atoms in total. The normalized spacial score (nSPS) is 14.9. The largest absolute Gasteiger partial charge is 0.455 e. The van der Waals surface area contributed by atoms with Crippen molar-refractivity contribution in [2.24, 2.45) is 0 Å². The first kappa shape index (κ1) is 15.3. The number of nitrogens with zero attached hydrogens (tertiary/aromatic N) is 1. The lowest BCUT2D eigenvalue weighted by Crippen LogP contribution is -2.32. The van der Waals surface area contributed by atoms with Crippen LogP contribution in [0.5, 0.6) is 0 Å². The predicted molar refractivity (Wildman–Crippen MR) is 76.6 cm³/mol. The van der Waals surface area contributed by atoms with E-state index in [-0.39, 0.29) is 25.5 Å². The topological polar surface area (TPSA) is 79.2 Å². The average molecular weight is 307 g/mol. The molecule has 110 valence electrons. The van der Waals surface area contributed by atoms with E-state index in [4.69, 9.17) is 21.6 Å². The third-order valence-corrected chi connectivity index (χ3v) is 3.68. The van der Waals surface area contributed by atoms with Crippen molar-refractivity contribution in [1.82, 2.24) is 5.32 Å². The van der Waals surface area contributed by atoms with E-state index in [9.17, 15) is 9.59 Å². The molecule has 1 saturated carbocycles. The maximum absolute atomic E-state index is 12.2. The molecule has 1 aliphatic carbocycles. The Bertz CT molecular complexity index is 574. The van der Waals surface area contributed by atoms with Gasteiger partial charge in [0.25, 0.3) is 5.91 Å². The molecule has 0 unspecified atom stereocenters. The van der Waals surface area contributed by atoms with E-state index in [2.05, 4.69) is 5.32 Å². The molecule has 1 aliphatic rings. The maximum Gasteiger partial charge on any atom is 0.317 e. The molecule has 21 heavy (non-hydrogen) atoms. The second-order valence-corrected chi connectivity index (χ2v) is 5.36. The molecule has 0 bridgehead atoms. The standard InChI is InChI=1S/C15H15ClN2O3/c16-12-4-2-11(3-5-12)15(6-7-15)14(20)21-10-13(19)18-9-1-8-17/h2-5H,1,6-7,9-10H2,(H,18,19). The van der Waals surface area contributed by atoms with Crippen LogP contribution in [0.25, 0.3) is 0 Å². The van der Waals surface area contributed by atoms with Crippen molar-refractivity contribution in [3.05, 3.63) is 34.9 Å². The number of esters is 1. The van der Waals surface area contributed by atoms with Gasteiger partial charge in [0.2, 0.25) is 0 Å². The molecule has 1 amide bonds. The summed E-state index contributed by atoms with van der Waals surface area (Å²) in [5.41, 5.74) is 0.235. The van der Waals surface area contributed by atoms with E-state index >= 15 is 0 Å². The molecule has 0 spiro atoms. The van der Waals surface area contributed by atoms with E-state index in [0.29, 0.717) is 17.9 Å². The quantitative estimate of drug-likeness (QED) is 0.643. The minimum absolute atomic E-state index is 0.231. The fourth-order valence-corrected chi connectivity index (χ4v) is 2.21. The summed E-state index contributed by atoms with van der Waals surface area (Å²) < 4.78 is 5.08. The van der Waals surface area contributed by atoms with Gasteiger partial charge in [-0.05, 0) is 30.5 Å². The summed E-state index contributed by atoms with van der Waals surface area (Å²) >= 11 is 5.83. The number of hydrogen-bond acceptors (Lipinski definition) is 4. The number of nitriles is 1. The average Bonchev–Trinajstić information content (AvgIpc) is 3.27. The zero-order valence-electron chi connectivity index (χ0n) is 11.4. The monoisotopic (exact) mass is 306 g/mol. The second-order valence-electron chi connectivity index (χ2n) is 4.92. The molecular weight excluding hydrogens is 292 g/mol. The Morgan fingerprint density at radius 2 is 2.00 bits per heavy atom. The number of carbonyl (C=O) groups is 2. The van der Waals surface area contributed by atoms with Gasteiger partial charge in [0.05, 0.1) is 17.9 Å². The highest BCUT2D eigenvalue weighted by Crippen LogP contribution is 2.49. The van der Waals surface area contributed by atoms with Gasteiger partial charge in [-0.25, -0.2) is 0 Å². The number of nitrogens with one attached hydrogen (secondary N) is 1. The minimum atomic E-state index is -0.627. The molecular formula is C15H15ClN2O3. The van der Waals surface area contributed by atoms with Crippen molar-refractivity contribution in [1.29, 1.82) is 5.26 Å². The number of ether oxygens (including phenoxy) is 1. The van der Waals surface area contributed by atoms with Gasteiger partial charge < -0.3 is 10.1 Å². The Labute approximate surface area is 127 Å². The number of benzene rings is 1. The Morgan fingerprint density at radius 3 is 2.57 bits per heavy atom. The molecule has 0 heterocycles. The molecule has 6 heteroatoms. The molecule has 0 radical (unpaired) electrons. The molecule has 0 atom stereocenters. The fraction of sp³-hybridized carbons (Fsp3) is 0.400. The zero-order valence-corrected chi connectivity index (χ0v) is 12.2. The van der Waals surface area contributed by atoms with Crippen LogP contribution < -0.4 is 5.32 Å². The van der Waals surface area contributed by atoms with Crippen LogP contribution in [0.2, 0.25) is 5.02 Å². The van der Waals surface area contributed by atoms with Crippen LogP contribution in [-0.4, -0.2) is 25.0 Å². The molecule has 1 aromatic carbocycles. The highest BCUT2D eigenvalue weighted by atomic mass is 35.5. The van der Waals surface area contributed by atoms with Gasteiger partial charge in [-0.15, -0.1) is 0 Å². The zero-order chi connectivity index (χ0) is 15.3. The molecule has 1 fully saturated rings. The second kappa shape index (κ2) is 6.59. The minimum Gasteiger partial charge on any atom is -0.455 e. The SMILES string of the molecule is N#CCCNC(=O)COC(=O)C1(c2ccc(Cl)cc2)CC1. The van der Waals surface area contributed by atoms with Crippen LogP contribution in [0, 0.1) is 11.3 Å².